The molecule has 5 amide bonds. The van der Waals surface area contributed by atoms with Crippen molar-refractivity contribution >= 4 is 96.7 Å². The highest BCUT2D eigenvalue weighted by molar-refractivity contribution is 5.92. The van der Waals surface area contributed by atoms with Gasteiger partial charge in [0.05, 0.1) is 44.9 Å². The molecule has 44 nitrogen and oxygen atoms in total. The van der Waals surface area contributed by atoms with Crippen molar-refractivity contribution < 1.29 is 28.7 Å². The molecule has 2 unspecified atom stereocenters. The number of aromatic nitrogens is 20. The number of aryl methyl sites for hydroxylation is 5. The highest BCUT2D eigenvalue weighted by Gasteiger charge is 2.27. The van der Waals surface area contributed by atoms with E-state index in [9.17, 15) is 71.9 Å². The average molecular weight is 1700 g/mol. The van der Waals surface area contributed by atoms with E-state index in [4.69, 9.17) is 4.74 Å². The molecule has 660 valence electrons. The van der Waals surface area contributed by atoms with Gasteiger partial charge in [-0.2, -0.15) is 0 Å². The van der Waals surface area contributed by atoms with Crippen molar-refractivity contribution in [3.63, 3.8) is 0 Å². The number of carbonyl (C=O) groups is 5. The predicted octanol–water partition coefficient (Wildman–Crippen LogP) is -2.69. The molecule has 0 radical (unpaired) electrons. The van der Waals surface area contributed by atoms with Crippen LogP contribution >= 0.6 is 0 Å². The molecule has 1 aliphatic heterocycles. The molecule has 13 rings (SSSR count). The van der Waals surface area contributed by atoms with Gasteiger partial charge in [0, 0.05) is 141 Å². The Morgan fingerprint density at radius 2 is 0.746 bits per heavy atom. The van der Waals surface area contributed by atoms with E-state index < -0.39 is 56.2 Å². The molecule has 11 aromatic rings. The van der Waals surface area contributed by atoms with Crippen LogP contribution in [-0.2, 0) is 132 Å². The van der Waals surface area contributed by atoms with Crippen LogP contribution in [-0.4, -0.2) is 226 Å². The Kier molecular flexibility index (Phi) is 31.8. The second-order valence-corrected chi connectivity index (χ2v) is 30.6. The lowest BCUT2D eigenvalue weighted by Gasteiger charge is -2.33. The van der Waals surface area contributed by atoms with Crippen LogP contribution < -0.4 is 87.7 Å². The molecule has 0 bridgehead atoms. The van der Waals surface area contributed by atoms with Crippen LogP contribution in [0.5, 0.6) is 0 Å². The van der Waals surface area contributed by atoms with Crippen LogP contribution in [0.3, 0.4) is 0 Å². The number of ether oxygens (including phenoxy) is 1. The zero-order valence-corrected chi connectivity index (χ0v) is 72.1. The van der Waals surface area contributed by atoms with E-state index in [1.54, 1.807) is 34.3 Å². The Hall–Kier alpha value is -13.0. The van der Waals surface area contributed by atoms with Crippen molar-refractivity contribution in [1.82, 2.24) is 124 Å². The van der Waals surface area contributed by atoms with E-state index >= 15 is 0 Å². The molecule has 1 aromatic carbocycles. The Balaban J connectivity index is 0.000000174. The normalized spacial score (nSPS) is 14.0. The molecule has 11 heterocycles. The summed E-state index contributed by atoms with van der Waals surface area (Å²) in [5.74, 6) is -0.986. The topological polar surface area (TPSA) is 474 Å². The summed E-state index contributed by atoms with van der Waals surface area (Å²) in [6.07, 6.45) is 18.2. The van der Waals surface area contributed by atoms with Crippen LogP contribution in [0.2, 0.25) is 0 Å². The molecule has 1 aliphatic carbocycles. The Morgan fingerprint density at radius 3 is 1.07 bits per heavy atom. The van der Waals surface area contributed by atoms with Crippen molar-refractivity contribution in [1.29, 1.82) is 0 Å². The number of nitrogens with one attached hydrogen (secondary N) is 5. The summed E-state index contributed by atoms with van der Waals surface area (Å²) in [6, 6.07) is 8.05. The van der Waals surface area contributed by atoms with Gasteiger partial charge in [-0.1, -0.05) is 45.6 Å². The third kappa shape index (κ3) is 21.8. The second-order valence-electron chi connectivity index (χ2n) is 30.6. The van der Waals surface area contributed by atoms with Crippen LogP contribution in [0, 0.1) is 0 Å². The number of imidazole rings is 5. The van der Waals surface area contributed by atoms with E-state index in [1.165, 1.54) is 120 Å². The number of fused-ring (bicyclic) bond motifs is 5. The number of carbonyl (C=O) groups excluding carboxylic acids is 5. The number of nitrogens with zero attached hydrogens (tertiary/aromatic N) is 23. The molecule has 2 atom stereocenters. The summed E-state index contributed by atoms with van der Waals surface area (Å²) in [7, 11) is 22.7. The van der Waals surface area contributed by atoms with Crippen molar-refractivity contribution in [2.45, 2.75) is 129 Å². The zero-order valence-electron chi connectivity index (χ0n) is 72.1. The Morgan fingerprint density at radius 1 is 0.418 bits per heavy atom. The van der Waals surface area contributed by atoms with Gasteiger partial charge in [0.1, 0.15) is 32.7 Å². The number of hydrogen-bond acceptors (Lipinski definition) is 24. The first-order chi connectivity index (χ1) is 58.0. The fraction of sp³-hybridized carbons (Fsp3) is 0.538. The number of hydrogen-bond donors (Lipinski definition) is 5. The monoisotopic (exact) mass is 1700 g/mol. The SMILES string of the molecule is CCCCCNC(=O)Cn1cnc2c1c(=O)n(C)c(=O)n2C.CCCCCNC(=O)Cn1cnc2c1c(=O)n(C)c(=O)n2C.CN(C)C1CCCC(NC(=O)Cn2cnc3c2c(=O)n(C)c(=O)n3C)C1.CN(C)c1cccc(NC(=O)Cn2cnc3c2c(=O)n(C)c(=O)n3C)c1.Cn1c(=O)c2c(ncn2CC(=O)NCCCN2CCOCC2)n(C)c1=O. The number of unbranched alkanes of at least 4 members (excludes halogenated alkanes) is 4. The molecule has 10 aromatic heterocycles. The zero-order chi connectivity index (χ0) is 89.2. The standard InChI is InChI=1S/C17H26N6O3.C17H20N6O3.C16H24N6O4.2C14H21N5O3/c2*1-20(2)12-7-5-6-11(8-12)19-13(24)9-23-10-18-15-14(23)16(25)22(4)17(26)21(15)3;1-19-14-13(15(24)20(2)16(19)25)22(11-18-14)10-12(23)17-4-3-5-21-6-8-26-9-7-21;2*1-4-5-6-7-15-10(20)8-19-9-16-12-11(19)13(21)18(3)14(22)17(12)2/h10-12H,5-9H2,1-4H3,(H,19,24);5-8,10H,9H2,1-4H3,(H,19,24);11H,3-10H2,1-2H3,(H,17,23);2*9H,4-8H2,1-3H3,(H,15,20). The highest BCUT2D eigenvalue weighted by atomic mass is 16.5. The lowest BCUT2D eigenvalue weighted by Crippen LogP contribution is -2.44. The van der Waals surface area contributed by atoms with Gasteiger partial charge in [0.2, 0.25) is 29.5 Å². The Labute approximate surface area is 697 Å². The number of rotatable bonds is 26. The summed E-state index contributed by atoms with van der Waals surface area (Å²) in [4.78, 5) is 209. The fourth-order valence-corrected chi connectivity index (χ4v) is 14.2. The predicted molar refractivity (Wildman–Crippen MR) is 458 cm³/mol. The van der Waals surface area contributed by atoms with Crippen molar-refractivity contribution in [2.75, 3.05) is 90.9 Å². The molecular formula is C78H112N28O16. The van der Waals surface area contributed by atoms with Crippen LogP contribution in [0.25, 0.3) is 55.8 Å². The maximum Gasteiger partial charge on any atom is 0.332 e. The smallest absolute Gasteiger partial charge is 0.332 e. The number of anilines is 2. The molecule has 0 spiro atoms. The maximum atomic E-state index is 12.5. The first kappa shape index (κ1) is 92.9. The third-order valence-corrected chi connectivity index (χ3v) is 21.3. The van der Waals surface area contributed by atoms with Crippen LogP contribution in [0.4, 0.5) is 11.4 Å². The van der Waals surface area contributed by atoms with Gasteiger partial charge in [-0.15, -0.1) is 0 Å². The van der Waals surface area contributed by atoms with E-state index in [1.807, 2.05) is 37.2 Å². The van der Waals surface area contributed by atoms with Gasteiger partial charge in [0.15, 0.2) is 55.8 Å². The minimum absolute atomic E-state index is 0.00702. The molecular weight excluding hydrogens is 1590 g/mol. The first-order valence-electron chi connectivity index (χ1n) is 40.2. The number of benzene rings is 1. The minimum atomic E-state index is -0.483. The Bertz CT molecular complexity index is 6160. The number of morpholine rings is 1. The summed E-state index contributed by atoms with van der Waals surface area (Å²) in [5, 5.41) is 14.4. The van der Waals surface area contributed by atoms with Gasteiger partial charge in [-0.3, -0.25) is 98.5 Å². The van der Waals surface area contributed by atoms with Gasteiger partial charge < -0.3 is 64.0 Å². The summed E-state index contributed by atoms with van der Waals surface area (Å²) < 4.78 is 24.3. The molecule has 2 aliphatic rings. The van der Waals surface area contributed by atoms with Crippen molar-refractivity contribution in [2.24, 2.45) is 70.5 Å². The van der Waals surface area contributed by atoms with Gasteiger partial charge in [-0.25, -0.2) is 48.9 Å². The van der Waals surface area contributed by atoms with Crippen molar-refractivity contribution in [3.8, 4) is 0 Å². The van der Waals surface area contributed by atoms with Gasteiger partial charge in [0.25, 0.3) is 27.8 Å². The first-order valence-corrected chi connectivity index (χ1v) is 40.2. The molecule has 5 N–H and O–H groups in total. The maximum absolute atomic E-state index is 12.5. The fourth-order valence-electron chi connectivity index (χ4n) is 14.2. The van der Waals surface area contributed by atoms with Crippen LogP contribution in [0.1, 0.15) is 84.5 Å². The largest absolute Gasteiger partial charge is 0.379 e. The molecule has 2 fully saturated rings. The molecule has 122 heavy (non-hydrogen) atoms. The molecule has 1 saturated heterocycles. The number of amides is 5. The summed E-state index contributed by atoms with van der Waals surface area (Å²) in [5.41, 5.74) is -0.262. The van der Waals surface area contributed by atoms with Crippen LogP contribution in [0.15, 0.2) is 104 Å². The third-order valence-electron chi connectivity index (χ3n) is 21.3. The minimum Gasteiger partial charge on any atom is -0.379 e. The summed E-state index contributed by atoms with van der Waals surface area (Å²) in [6.45, 7) is 10.2. The van der Waals surface area contributed by atoms with E-state index in [0.29, 0.717) is 31.4 Å². The second kappa shape index (κ2) is 41.8. The molecule has 44 heteroatoms. The molecule has 1 saturated carbocycles. The highest BCUT2D eigenvalue weighted by Crippen LogP contribution is 2.22. The van der Waals surface area contributed by atoms with Gasteiger partial charge >= 0.3 is 28.4 Å². The van der Waals surface area contributed by atoms with E-state index in [-0.39, 0.29) is 124 Å². The lowest BCUT2D eigenvalue weighted by atomic mass is 9.90. The quantitative estimate of drug-likeness (QED) is 0.0345. The lowest BCUT2D eigenvalue weighted by molar-refractivity contribution is -0.123. The average Bonchev–Trinajstić information content (AvgIpc) is 1.53. The van der Waals surface area contributed by atoms with Gasteiger partial charge in [-0.05, 0) is 83.8 Å². The summed E-state index contributed by atoms with van der Waals surface area (Å²) >= 11 is 0. The van der Waals surface area contributed by atoms with E-state index in [2.05, 4.69) is 89.2 Å². The van der Waals surface area contributed by atoms with Crippen molar-refractivity contribution in [3.05, 3.63) is 160 Å². The van der Waals surface area contributed by atoms with E-state index in [0.717, 1.165) is 132 Å².